The number of methoxy groups -OCH3 is 4. The summed E-state index contributed by atoms with van der Waals surface area (Å²) >= 11 is 0. The summed E-state index contributed by atoms with van der Waals surface area (Å²) in [7, 11) is 6.42. The highest BCUT2D eigenvalue weighted by Crippen LogP contribution is 2.50. The monoisotopic (exact) mass is 476 g/mol. The molecule has 1 aromatic heterocycles. The first-order chi connectivity index (χ1) is 17.0. The molecule has 0 fully saturated rings. The Morgan fingerprint density at radius 1 is 0.857 bits per heavy atom. The number of nitrogens with zero attached hydrogens (tertiary/aromatic N) is 1. The molecule has 1 aliphatic carbocycles. The van der Waals surface area contributed by atoms with E-state index in [-0.39, 0.29) is 17.6 Å². The van der Waals surface area contributed by atoms with Gasteiger partial charge in [0.15, 0.2) is 28.8 Å². The minimum atomic E-state index is -0.314. The van der Waals surface area contributed by atoms with Crippen LogP contribution in [-0.4, -0.2) is 39.4 Å². The van der Waals surface area contributed by atoms with Crippen molar-refractivity contribution in [3.05, 3.63) is 70.1 Å². The third-order valence-electron chi connectivity index (χ3n) is 6.88. The van der Waals surface area contributed by atoms with Crippen molar-refractivity contribution in [2.75, 3.05) is 33.8 Å². The Bertz CT molecular complexity index is 1330. The van der Waals surface area contributed by atoms with E-state index in [1.807, 2.05) is 43.3 Å². The number of ether oxygens (including phenoxy) is 4. The molecule has 0 saturated heterocycles. The summed E-state index contributed by atoms with van der Waals surface area (Å²) in [5, 5.41) is 7.56. The van der Waals surface area contributed by atoms with Gasteiger partial charge in [-0.15, -0.1) is 0 Å². The maximum absolute atomic E-state index is 13.7. The molecule has 0 radical (unpaired) electrons. The lowest BCUT2D eigenvalue weighted by Crippen LogP contribution is -2.29. The van der Waals surface area contributed by atoms with Crippen molar-refractivity contribution < 1.29 is 28.3 Å². The van der Waals surface area contributed by atoms with Gasteiger partial charge in [0.2, 0.25) is 5.88 Å². The number of anilines is 1. The summed E-state index contributed by atoms with van der Waals surface area (Å²) in [6, 6.07) is 11.6. The molecule has 35 heavy (non-hydrogen) atoms. The van der Waals surface area contributed by atoms with Gasteiger partial charge < -0.3 is 28.8 Å². The molecule has 2 aliphatic rings. The predicted molar refractivity (Wildman–Crippen MR) is 130 cm³/mol. The third-order valence-corrected chi connectivity index (χ3v) is 6.88. The van der Waals surface area contributed by atoms with E-state index in [2.05, 4.69) is 10.5 Å². The smallest absolute Gasteiger partial charge is 0.233 e. The molecule has 0 spiro atoms. The number of carbonyl (C=O) groups excluding carboxylic acids is 1. The van der Waals surface area contributed by atoms with Crippen LogP contribution in [0.3, 0.4) is 0 Å². The zero-order valence-corrected chi connectivity index (χ0v) is 20.4. The second-order valence-corrected chi connectivity index (χ2v) is 8.72. The van der Waals surface area contributed by atoms with Crippen LogP contribution >= 0.6 is 0 Å². The molecule has 1 N–H and O–H groups in total. The van der Waals surface area contributed by atoms with Gasteiger partial charge in [-0.2, -0.15) is 0 Å². The highest BCUT2D eigenvalue weighted by molar-refractivity contribution is 6.01. The normalized spacial score (nSPS) is 18.9. The maximum atomic E-state index is 13.7. The average Bonchev–Trinajstić information content (AvgIpc) is 3.26. The molecule has 1 aliphatic heterocycles. The highest BCUT2D eigenvalue weighted by Gasteiger charge is 2.41. The number of carbonyl (C=O) groups is 1. The van der Waals surface area contributed by atoms with Gasteiger partial charge in [-0.3, -0.25) is 4.79 Å². The number of nitrogens with one attached hydrogen (secondary N) is 1. The van der Waals surface area contributed by atoms with E-state index in [9.17, 15) is 4.79 Å². The molecule has 0 bridgehead atoms. The molecule has 2 atom stereocenters. The van der Waals surface area contributed by atoms with Crippen LogP contribution < -0.4 is 24.3 Å². The molecule has 5 rings (SSSR count). The zero-order chi connectivity index (χ0) is 24.7. The largest absolute Gasteiger partial charge is 0.493 e. The second kappa shape index (κ2) is 9.02. The van der Waals surface area contributed by atoms with Crippen molar-refractivity contribution in [1.29, 1.82) is 0 Å². The van der Waals surface area contributed by atoms with Crippen LogP contribution in [-0.2, 0) is 4.79 Å². The Kier molecular flexibility index (Phi) is 5.88. The van der Waals surface area contributed by atoms with Crippen molar-refractivity contribution >= 4 is 11.7 Å². The van der Waals surface area contributed by atoms with Gasteiger partial charge in [-0.1, -0.05) is 17.3 Å². The van der Waals surface area contributed by atoms with E-state index in [4.69, 9.17) is 23.5 Å². The van der Waals surface area contributed by atoms with Crippen LogP contribution in [0.2, 0.25) is 0 Å². The lowest BCUT2D eigenvalue weighted by molar-refractivity contribution is -0.116. The van der Waals surface area contributed by atoms with Gasteiger partial charge in [0, 0.05) is 23.6 Å². The number of aryl methyl sites for hydroxylation is 1. The van der Waals surface area contributed by atoms with Gasteiger partial charge >= 0.3 is 0 Å². The second-order valence-electron chi connectivity index (χ2n) is 8.72. The number of rotatable bonds is 6. The van der Waals surface area contributed by atoms with Crippen LogP contribution in [0.4, 0.5) is 5.88 Å². The summed E-state index contributed by atoms with van der Waals surface area (Å²) < 4.78 is 27.4. The molecule has 0 saturated carbocycles. The van der Waals surface area contributed by atoms with Crippen molar-refractivity contribution in [3.63, 3.8) is 0 Å². The van der Waals surface area contributed by atoms with Crippen molar-refractivity contribution in [2.45, 2.75) is 31.6 Å². The van der Waals surface area contributed by atoms with Gasteiger partial charge in [0.25, 0.3) is 0 Å². The van der Waals surface area contributed by atoms with Crippen LogP contribution in [0, 0.1) is 6.92 Å². The van der Waals surface area contributed by atoms with E-state index in [1.165, 1.54) is 0 Å². The number of ketones is 1. The van der Waals surface area contributed by atoms with Crippen molar-refractivity contribution in [3.8, 4) is 23.0 Å². The number of hydrogen-bond donors (Lipinski definition) is 1. The standard InChI is InChI=1S/C27H28N2O6/c1-14-24-25(16-7-9-21(32-3)23(13-16)34-5)26-18(28-27(24)35-29-14)10-17(11-19(26)30)15-6-8-20(31-2)22(12-15)33-4/h6-9,12-13,17,25,28H,10-11H2,1-5H3/t17-,25-/m1/s1. The fraction of sp³-hybridized carbons (Fsp3) is 0.333. The minimum absolute atomic E-state index is 0.00909. The van der Waals surface area contributed by atoms with Crippen molar-refractivity contribution in [2.24, 2.45) is 0 Å². The van der Waals surface area contributed by atoms with E-state index in [0.29, 0.717) is 41.7 Å². The van der Waals surface area contributed by atoms with Crippen molar-refractivity contribution in [1.82, 2.24) is 5.16 Å². The van der Waals surface area contributed by atoms with E-state index < -0.39 is 0 Å². The molecule has 2 aromatic carbocycles. The van der Waals surface area contributed by atoms with Crippen LogP contribution in [0.15, 0.2) is 52.2 Å². The first-order valence-electron chi connectivity index (χ1n) is 11.4. The maximum Gasteiger partial charge on any atom is 0.233 e. The first kappa shape index (κ1) is 22.8. The summed E-state index contributed by atoms with van der Waals surface area (Å²) in [4.78, 5) is 13.7. The molecule has 0 unspecified atom stereocenters. The SMILES string of the molecule is COc1ccc([C@H]2CC(=O)C3=C(C2)Nc2onc(C)c2[C@H]3c2ccc(OC)c(OC)c2)cc1OC. The summed E-state index contributed by atoms with van der Waals surface area (Å²) in [6.45, 7) is 1.89. The Balaban J connectivity index is 1.59. The van der Waals surface area contributed by atoms with E-state index >= 15 is 0 Å². The molecule has 0 amide bonds. The fourth-order valence-corrected chi connectivity index (χ4v) is 5.18. The third kappa shape index (κ3) is 3.79. The Hall–Kier alpha value is -3.94. The van der Waals surface area contributed by atoms with E-state index in [0.717, 1.165) is 33.7 Å². The Morgan fingerprint density at radius 2 is 1.46 bits per heavy atom. The summed E-state index contributed by atoms with van der Waals surface area (Å²) in [5.74, 6) is 2.87. The highest BCUT2D eigenvalue weighted by atomic mass is 16.5. The van der Waals surface area contributed by atoms with Gasteiger partial charge in [-0.25, -0.2) is 0 Å². The topological polar surface area (TPSA) is 92.1 Å². The molecule has 8 nitrogen and oxygen atoms in total. The van der Waals surface area contributed by atoms with Crippen LogP contribution in [0.25, 0.3) is 0 Å². The number of Topliss-reactive ketones (excluding diaryl/α,β-unsaturated/α-hetero) is 1. The molecule has 182 valence electrons. The van der Waals surface area contributed by atoms with Crippen LogP contribution in [0.5, 0.6) is 23.0 Å². The molecule has 3 aromatic rings. The number of fused-ring (bicyclic) bond motifs is 1. The summed E-state index contributed by atoms with van der Waals surface area (Å²) in [5.41, 5.74) is 5.15. The predicted octanol–water partition coefficient (Wildman–Crippen LogP) is 4.98. The first-order valence-corrected chi connectivity index (χ1v) is 11.4. The summed E-state index contributed by atoms with van der Waals surface area (Å²) in [6.07, 6.45) is 1.04. The van der Waals surface area contributed by atoms with Gasteiger partial charge in [0.1, 0.15) is 0 Å². The molecular formula is C27H28N2O6. The van der Waals surface area contributed by atoms with Crippen LogP contribution in [0.1, 0.15) is 47.1 Å². The quantitative estimate of drug-likeness (QED) is 0.533. The Morgan fingerprint density at radius 3 is 2.09 bits per heavy atom. The lowest BCUT2D eigenvalue weighted by Gasteiger charge is -2.34. The Labute approximate surface area is 203 Å². The minimum Gasteiger partial charge on any atom is -0.493 e. The fourth-order valence-electron chi connectivity index (χ4n) is 5.18. The average molecular weight is 477 g/mol. The van der Waals surface area contributed by atoms with Gasteiger partial charge in [0.05, 0.1) is 39.7 Å². The lowest BCUT2D eigenvalue weighted by atomic mass is 9.72. The molecular weight excluding hydrogens is 448 g/mol. The number of allylic oxidation sites excluding steroid dienone is 2. The molecule has 2 heterocycles. The number of benzene rings is 2. The number of hydrogen-bond acceptors (Lipinski definition) is 8. The van der Waals surface area contributed by atoms with E-state index in [1.54, 1.807) is 28.4 Å². The number of aromatic nitrogens is 1. The molecule has 8 heteroatoms. The van der Waals surface area contributed by atoms with Gasteiger partial charge in [-0.05, 0) is 54.7 Å². The zero-order valence-electron chi connectivity index (χ0n) is 20.4.